The summed E-state index contributed by atoms with van der Waals surface area (Å²) in [4.78, 5) is 0. The summed E-state index contributed by atoms with van der Waals surface area (Å²) < 4.78 is 19.2. The van der Waals surface area contributed by atoms with Gasteiger partial charge in [0.1, 0.15) is 17.2 Å². The molecule has 7 rings (SSSR count). The summed E-state index contributed by atoms with van der Waals surface area (Å²) in [5.41, 5.74) is 2.20. The number of hydrogen-bond acceptors (Lipinski definition) is 5. The van der Waals surface area contributed by atoms with Crippen molar-refractivity contribution >= 4 is 63.7 Å². The normalized spacial score (nSPS) is 13.8. The second-order valence-corrected chi connectivity index (χ2v) is 14.2. The Morgan fingerprint density at radius 3 is 1.67 bits per heavy atom. The highest BCUT2D eigenvalue weighted by molar-refractivity contribution is 9.11. The van der Waals surface area contributed by atoms with Crippen LogP contribution in [0.4, 0.5) is 0 Å². The van der Waals surface area contributed by atoms with Crippen molar-refractivity contribution in [3.05, 3.63) is 109 Å². The number of ether oxygens (including phenoxy) is 2. The van der Waals surface area contributed by atoms with Crippen LogP contribution in [0.2, 0.25) is 0 Å². The van der Waals surface area contributed by atoms with Crippen LogP contribution in [0.1, 0.15) is 38.5 Å². The largest absolute Gasteiger partial charge is 0.508 e. The summed E-state index contributed by atoms with van der Waals surface area (Å²) in [6.45, 7) is 0. The zero-order valence-electron chi connectivity index (χ0n) is 25.1. The number of nitrogens with zero attached hydrogens (tertiary/aromatic N) is 4. The maximum atomic E-state index is 8.78. The van der Waals surface area contributed by atoms with Gasteiger partial charge in [-0.15, -0.1) is 0 Å². The molecule has 2 fully saturated rings. The minimum atomic E-state index is 0.291. The van der Waals surface area contributed by atoms with E-state index in [1.807, 2.05) is 73.6 Å². The molecule has 2 aliphatic carbocycles. The van der Waals surface area contributed by atoms with Gasteiger partial charge in [0.15, 0.2) is 0 Å². The molecule has 2 saturated carbocycles. The smallest absolute Gasteiger partial charge is 0.120 e. The standard InChI is InChI=1S/C14H15BrN2O.C10H11BrO.C6H5BrO.C4H5BrN2/c1-17-14(13(15)9-16-17)10-4-2-7-12(8-10)18-11-5-3-6-11;11-8-3-1-6-10(7-8)12-9-4-2-5-9;7-5-2-1-3-6(8)4-5;1-7-3-4(5)2-6-7/h2,4,7-9,11H,3,5-6H2,1H3;1,3,6-7,9H,2,4-5H2;1-4,8H;2-3H,1H3. The number of aromatic nitrogens is 4. The highest BCUT2D eigenvalue weighted by atomic mass is 79.9. The van der Waals surface area contributed by atoms with E-state index in [4.69, 9.17) is 14.6 Å². The first-order valence-corrected chi connectivity index (χ1v) is 17.8. The van der Waals surface area contributed by atoms with Crippen molar-refractivity contribution in [1.82, 2.24) is 19.6 Å². The maximum absolute atomic E-state index is 8.78. The average molecular weight is 868 g/mol. The molecular weight excluding hydrogens is 832 g/mol. The Kier molecular flexibility index (Phi) is 14.0. The molecule has 0 amide bonds. The Morgan fingerprint density at radius 2 is 1.27 bits per heavy atom. The predicted molar refractivity (Wildman–Crippen MR) is 194 cm³/mol. The van der Waals surface area contributed by atoms with Gasteiger partial charge in [0.2, 0.25) is 0 Å². The Labute approximate surface area is 298 Å². The van der Waals surface area contributed by atoms with E-state index in [0.717, 1.165) is 40.6 Å². The highest BCUT2D eigenvalue weighted by Crippen LogP contribution is 2.32. The summed E-state index contributed by atoms with van der Waals surface area (Å²) in [6, 6.07) is 23.1. The average Bonchev–Trinajstić information content (AvgIpc) is 3.51. The fraction of sp³-hybridized carbons (Fsp3) is 0.294. The van der Waals surface area contributed by atoms with Crippen LogP contribution in [0.25, 0.3) is 11.3 Å². The summed E-state index contributed by atoms with van der Waals surface area (Å²) in [6.07, 6.45) is 13.7. The topological polar surface area (TPSA) is 74.3 Å². The number of halogens is 4. The molecule has 7 nitrogen and oxygen atoms in total. The molecule has 3 aromatic carbocycles. The van der Waals surface area contributed by atoms with E-state index in [1.54, 1.807) is 29.1 Å². The fourth-order valence-corrected chi connectivity index (χ4v) is 5.95. The van der Waals surface area contributed by atoms with Crippen molar-refractivity contribution in [3.8, 4) is 28.5 Å². The fourth-order valence-electron chi connectivity index (χ4n) is 4.22. The zero-order chi connectivity index (χ0) is 32.2. The predicted octanol–water partition coefficient (Wildman–Crippen LogP) is 10.5. The molecule has 11 heteroatoms. The Bertz CT molecular complexity index is 1580. The summed E-state index contributed by atoms with van der Waals surface area (Å²) in [5.74, 6) is 2.22. The zero-order valence-corrected chi connectivity index (χ0v) is 31.5. The second kappa shape index (κ2) is 17.9. The van der Waals surface area contributed by atoms with E-state index in [-0.39, 0.29) is 0 Å². The molecule has 0 radical (unpaired) electrons. The van der Waals surface area contributed by atoms with Crippen molar-refractivity contribution < 1.29 is 14.6 Å². The SMILES string of the molecule is Brc1cccc(OC2CCC2)c1.Cn1cc(Br)cn1.Cn1ncc(Br)c1-c1cccc(OC2CCC2)c1.Oc1cccc(Br)c1. The molecule has 238 valence electrons. The van der Waals surface area contributed by atoms with Crippen LogP contribution in [0.3, 0.4) is 0 Å². The molecule has 2 aromatic heterocycles. The number of aromatic hydroxyl groups is 1. The van der Waals surface area contributed by atoms with E-state index < -0.39 is 0 Å². The Hall–Kier alpha value is -2.60. The van der Waals surface area contributed by atoms with Gasteiger partial charge in [-0.25, -0.2) is 0 Å². The van der Waals surface area contributed by atoms with Gasteiger partial charge < -0.3 is 14.6 Å². The third kappa shape index (κ3) is 11.9. The summed E-state index contributed by atoms with van der Waals surface area (Å²) in [7, 11) is 3.82. The lowest BCUT2D eigenvalue weighted by molar-refractivity contribution is 0.120. The van der Waals surface area contributed by atoms with Crippen LogP contribution in [0, 0.1) is 0 Å². The third-order valence-corrected chi connectivity index (χ3v) is 8.97. The summed E-state index contributed by atoms with van der Waals surface area (Å²) >= 11 is 13.4. The van der Waals surface area contributed by atoms with Crippen molar-refractivity contribution in [2.24, 2.45) is 14.1 Å². The third-order valence-electron chi connectivity index (χ3n) is 6.99. The summed E-state index contributed by atoms with van der Waals surface area (Å²) in [5, 5.41) is 16.9. The molecule has 0 aliphatic heterocycles. The van der Waals surface area contributed by atoms with E-state index in [1.165, 1.54) is 38.5 Å². The van der Waals surface area contributed by atoms with Crippen LogP contribution in [-0.2, 0) is 14.1 Å². The van der Waals surface area contributed by atoms with Gasteiger partial charge in [0.05, 0.1) is 39.2 Å². The van der Waals surface area contributed by atoms with Crippen molar-refractivity contribution in [1.29, 1.82) is 0 Å². The molecule has 0 unspecified atom stereocenters. The van der Waals surface area contributed by atoms with Gasteiger partial charge >= 0.3 is 0 Å². The quantitative estimate of drug-likeness (QED) is 0.191. The first kappa shape index (κ1) is 35.3. The molecule has 0 spiro atoms. The van der Waals surface area contributed by atoms with E-state index in [0.29, 0.717) is 18.0 Å². The minimum absolute atomic E-state index is 0.291. The number of aryl methyl sites for hydroxylation is 2. The minimum Gasteiger partial charge on any atom is -0.508 e. The first-order chi connectivity index (χ1) is 21.7. The van der Waals surface area contributed by atoms with E-state index in [9.17, 15) is 0 Å². The van der Waals surface area contributed by atoms with Crippen LogP contribution in [0.15, 0.2) is 109 Å². The molecule has 5 aromatic rings. The van der Waals surface area contributed by atoms with Gasteiger partial charge in [-0.1, -0.05) is 56.1 Å². The van der Waals surface area contributed by atoms with E-state index >= 15 is 0 Å². The van der Waals surface area contributed by atoms with Gasteiger partial charge in [0.25, 0.3) is 0 Å². The molecule has 1 N–H and O–H groups in total. The molecule has 0 saturated heterocycles. The van der Waals surface area contributed by atoms with Crippen LogP contribution in [-0.4, -0.2) is 36.9 Å². The van der Waals surface area contributed by atoms with Crippen LogP contribution in [0.5, 0.6) is 17.2 Å². The van der Waals surface area contributed by atoms with Gasteiger partial charge in [-0.3, -0.25) is 9.36 Å². The molecule has 0 atom stereocenters. The van der Waals surface area contributed by atoms with Crippen LogP contribution >= 0.6 is 63.7 Å². The van der Waals surface area contributed by atoms with Gasteiger partial charge in [-0.2, -0.15) is 10.2 Å². The first-order valence-electron chi connectivity index (χ1n) is 14.6. The molecule has 0 bridgehead atoms. The number of rotatable bonds is 5. The monoisotopic (exact) mass is 864 g/mol. The number of benzene rings is 3. The lowest BCUT2D eigenvalue weighted by atomic mass is 9.96. The van der Waals surface area contributed by atoms with Crippen LogP contribution < -0.4 is 9.47 Å². The number of hydrogen-bond donors (Lipinski definition) is 1. The van der Waals surface area contributed by atoms with Crippen molar-refractivity contribution in [2.45, 2.75) is 50.7 Å². The number of phenolic OH excluding ortho intramolecular Hbond substituents is 1. The van der Waals surface area contributed by atoms with Crippen molar-refractivity contribution in [2.75, 3.05) is 0 Å². The maximum Gasteiger partial charge on any atom is 0.120 e. The Balaban J connectivity index is 0.000000147. The van der Waals surface area contributed by atoms with E-state index in [2.05, 4.69) is 86.0 Å². The highest BCUT2D eigenvalue weighted by Gasteiger charge is 2.20. The second-order valence-electron chi connectivity index (χ2n) is 10.6. The van der Waals surface area contributed by atoms with Gasteiger partial charge in [-0.05, 0) is 119 Å². The van der Waals surface area contributed by atoms with Gasteiger partial charge in [0, 0.05) is 34.8 Å². The molecule has 2 aliphatic rings. The Morgan fingerprint density at radius 1 is 0.689 bits per heavy atom. The van der Waals surface area contributed by atoms with Crippen molar-refractivity contribution in [3.63, 3.8) is 0 Å². The lowest BCUT2D eigenvalue weighted by Gasteiger charge is -2.26. The lowest BCUT2D eigenvalue weighted by Crippen LogP contribution is -2.24. The molecular formula is C34H36Br4N4O3. The number of phenols is 1. The molecule has 45 heavy (non-hydrogen) atoms. The molecule has 2 heterocycles.